The van der Waals surface area contributed by atoms with E-state index in [1.54, 1.807) is 13.8 Å². The summed E-state index contributed by atoms with van der Waals surface area (Å²) in [5.41, 5.74) is 0.0740. The summed E-state index contributed by atoms with van der Waals surface area (Å²) in [6.45, 7) is 6.68. The molecule has 0 unspecified atom stereocenters. The van der Waals surface area contributed by atoms with Crippen LogP contribution in [0.1, 0.15) is 23.2 Å². The summed E-state index contributed by atoms with van der Waals surface area (Å²) in [5.74, 6) is -0.327. The maximum absolute atomic E-state index is 12.7. The Labute approximate surface area is 106 Å². The van der Waals surface area contributed by atoms with E-state index in [2.05, 4.69) is 26.6 Å². The number of alkyl halides is 3. The van der Waals surface area contributed by atoms with Gasteiger partial charge in [-0.3, -0.25) is 0 Å². The average molecular weight is 269 g/mol. The molecule has 5 nitrogen and oxygen atoms in total. The lowest BCUT2D eigenvalue weighted by Crippen LogP contribution is -2.15. The van der Waals surface area contributed by atoms with E-state index >= 15 is 0 Å². The van der Waals surface area contributed by atoms with Gasteiger partial charge in [0.2, 0.25) is 5.82 Å². The van der Waals surface area contributed by atoms with Crippen molar-refractivity contribution in [1.82, 2.24) is 24.7 Å². The van der Waals surface area contributed by atoms with E-state index in [4.69, 9.17) is 0 Å². The van der Waals surface area contributed by atoms with Crippen LogP contribution in [-0.2, 0) is 6.18 Å². The molecule has 8 heteroatoms. The van der Waals surface area contributed by atoms with Gasteiger partial charge in [-0.25, -0.2) is 15.0 Å². The van der Waals surface area contributed by atoms with Crippen LogP contribution in [0.4, 0.5) is 13.2 Å². The first kappa shape index (κ1) is 13.2. The Morgan fingerprint density at radius 1 is 1.21 bits per heavy atom. The molecule has 2 heterocycles. The molecule has 0 saturated heterocycles. The van der Waals surface area contributed by atoms with Crippen LogP contribution < -0.4 is 0 Å². The highest BCUT2D eigenvalue weighted by molar-refractivity contribution is 5.45. The number of nitrogens with zero attached hydrogens (tertiary/aromatic N) is 5. The van der Waals surface area contributed by atoms with E-state index in [-0.39, 0.29) is 11.5 Å². The van der Waals surface area contributed by atoms with Crippen molar-refractivity contribution < 1.29 is 13.2 Å². The van der Waals surface area contributed by atoms with Crippen molar-refractivity contribution in [1.29, 1.82) is 0 Å². The minimum atomic E-state index is -4.63. The summed E-state index contributed by atoms with van der Waals surface area (Å²) in [5, 5.41) is 3.99. The molecule has 0 aliphatic rings. The van der Waals surface area contributed by atoms with E-state index in [1.165, 1.54) is 16.8 Å². The Morgan fingerprint density at radius 2 is 1.89 bits per heavy atom. The van der Waals surface area contributed by atoms with Crippen molar-refractivity contribution >= 4 is 6.08 Å². The third kappa shape index (κ3) is 2.61. The predicted molar refractivity (Wildman–Crippen MR) is 61.5 cm³/mol. The second-order valence-electron chi connectivity index (χ2n) is 3.79. The molecule has 0 bridgehead atoms. The molecule has 2 rings (SSSR count). The van der Waals surface area contributed by atoms with Crippen molar-refractivity contribution in [3.05, 3.63) is 35.8 Å². The zero-order chi connectivity index (χ0) is 14.2. The van der Waals surface area contributed by atoms with E-state index in [1.807, 2.05) is 0 Å². The van der Waals surface area contributed by atoms with Gasteiger partial charge in [0.05, 0.1) is 5.69 Å². The van der Waals surface area contributed by atoms with Gasteiger partial charge in [0, 0.05) is 6.07 Å². The van der Waals surface area contributed by atoms with E-state index in [9.17, 15) is 13.2 Å². The first-order chi connectivity index (χ1) is 8.81. The lowest BCUT2D eigenvalue weighted by molar-refractivity contribution is -0.145. The summed E-state index contributed by atoms with van der Waals surface area (Å²) < 4.78 is 39.3. The maximum Gasteiger partial charge on any atom is 0.451 e. The molecular weight excluding hydrogens is 259 g/mol. The molecular formula is C11H10F3N5. The van der Waals surface area contributed by atoms with Crippen molar-refractivity contribution in [2.75, 3.05) is 0 Å². The highest BCUT2D eigenvalue weighted by Crippen LogP contribution is 2.27. The van der Waals surface area contributed by atoms with Gasteiger partial charge in [0.1, 0.15) is 11.6 Å². The van der Waals surface area contributed by atoms with Crippen molar-refractivity contribution in [2.45, 2.75) is 20.0 Å². The lowest BCUT2D eigenvalue weighted by Gasteiger charge is -2.09. The number of hydrogen-bond acceptors (Lipinski definition) is 4. The van der Waals surface area contributed by atoms with Gasteiger partial charge >= 0.3 is 6.18 Å². The van der Waals surface area contributed by atoms with Crippen LogP contribution in [0.2, 0.25) is 0 Å². The summed E-state index contributed by atoms with van der Waals surface area (Å²) in [6.07, 6.45) is -3.41. The van der Waals surface area contributed by atoms with Gasteiger partial charge in [-0.1, -0.05) is 6.58 Å². The fourth-order valence-corrected chi connectivity index (χ4v) is 1.53. The number of aromatic nitrogens is 5. The zero-order valence-corrected chi connectivity index (χ0v) is 10.2. The fraction of sp³-hybridized carbons (Fsp3) is 0.273. The smallest absolute Gasteiger partial charge is 0.225 e. The Balaban J connectivity index is 2.64. The van der Waals surface area contributed by atoms with Crippen LogP contribution >= 0.6 is 0 Å². The van der Waals surface area contributed by atoms with Crippen molar-refractivity contribution in [3.63, 3.8) is 0 Å². The van der Waals surface area contributed by atoms with Gasteiger partial charge in [0.25, 0.3) is 0 Å². The molecule has 0 atom stereocenters. The molecule has 0 N–H and O–H groups in total. The quantitative estimate of drug-likeness (QED) is 0.839. The predicted octanol–water partition coefficient (Wildman–Crippen LogP) is 2.34. The van der Waals surface area contributed by atoms with E-state index in [0.717, 1.165) is 0 Å². The summed E-state index contributed by atoms with van der Waals surface area (Å²) in [4.78, 5) is 10.9. The minimum absolute atomic E-state index is 0.00956. The van der Waals surface area contributed by atoms with Gasteiger partial charge < -0.3 is 0 Å². The molecule has 2 aromatic heterocycles. The average Bonchev–Trinajstić information content (AvgIpc) is 2.66. The van der Waals surface area contributed by atoms with Gasteiger partial charge in [-0.2, -0.15) is 17.9 Å². The molecule has 0 aliphatic carbocycles. The first-order valence-corrected chi connectivity index (χ1v) is 5.30. The number of rotatable bonds is 2. The van der Waals surface area contributed by atoms with E-state index < -0.39 is 12.0 Å². The SMILES string of the molecule is C=Cc1cc(-n2nc(C)nc2C)nc(C(F)(F)F)n1. The van der Waals surface area contributed by atoms with Crippen LogP contribution in [0.3, 0.4) is 0 Å². The Morgan fingerprint density at radius 3 is 2.37 bits per heavy atom. The monoisotopic (exact) mass is 269 g/mol. The molecule has 0 radical (unpaired) electrons. The molecule has 0 fully saturated rings. The van der Waals surface area contributed by atoms with Crippen molar-refractivity contribution in [2.24, 2.45) is 0 Å². The summed E-state index contributed by atoms with van der Waals surface area (Å²) >= 11 is 0. The molecule has 0 aromatic carbocycles. The van der Waals surface area contributed by atoms with Crippen LogP contribution in [0.25, 0.3) is 11.9 Å². The lowest BCUT2D eigenvalue weighted by atomic mass is 10.3. The number of aryl methyl sites for hydroxylation is 2. The molecule has 0 spiro atoms. The minimum Gasteiger partial charge on any atom is -0.225 e. The van der Waals surface area contributed by atoms with Crippen LogP contribution in [-0.4, -0.2) is 24.7 Å². The van der Waals surface area contributed by atoms with E-state index in [0.29, 0.717) is 11.6 Å². The summed E-state index contributed by atoms with van der Waals surface area (Å²) in [7, 11) is 0. The van der Waals surface area contributed by atoms with Gasteiger partial charge in [-0.15, -0.1) is 5.10 Å². The standard InChI is InChI=1S/C11H10F3N5/c1-4-8-5-9(17-10(16-8)11(12,13)14)19-7(3)15-6(2)18-19/h4-5H,1H2,2-3H3. The number of halogens is 3. The highest BCUT2D eigenvalue weighted by Gasteiger charge is 2.35. The third-order valence-corrected chi connectivity index (χ3v) is 2.29. The zero-order valence-electron chi connectivity index (χ0n) is 10.2. The number of hydrogen-bond donors (Lipinski definition) is 0. The molecule has 19 heavy (non-hydrogen) atoms. The molecule has 2 aromatic rings. The Kier molecular flexibility index (Phi) is 3.09. The third-order valence-electron chi connectivity index (χ3n) is 2.29. The Bertz CT molecular complexity index is 630. The molecule has 100 valence electrons. The largest absolute Gasteiger partial charge is 0.451 e. The van der Waals surface area contributed by atoms with Crippen LogP contribution in [0.15, 0.2) is 12.6 Å². The van der Waals surface area contributed by atoms with Crippen molar-refractivity contribution in [3.8, 4) is 5.82 Å². The first-order valence-electron chi connectivity index (χ1n) is 5.30. The Hall–Kier alpha value is -2.25. The van der Waals surface area contributed by atoms with Gasteiger partial charge in [-0.05, 0) is 19.9 Å². The second-order valence-corrected chi connectivity index (χ2v) is 3.79. The fourth-order valence-electron chi connectivity index (χ4n) is 1.53. The highest BCUT2D eigenvalue weighted by atomic mass is 19.4. The molecule has 0 saturated carbocycles. The molecule has 0 amide bonds. The molecule has 0 aliphatic heterocycles. The van der Waals surface area contributed by atoms with Crippen LogP contribution in [0, 0.1) is 13.8 Å². The second kappa shape index (κ2) is 4.45. The summed E-state index contributed by atoms with van der Waals surface area (Å²) in [6, 6.07) is 1.36. The normalized spacial score (nSPS) is 11.6. The van der Waals surface area contributed by atoms with Gasteiger partial charge in [0.15, 0.2) is 5.82 Å². The van der Waals surface area contributed by atoms with Crippen LogP contribution in [0.5, 0.6) is 0 Å². The maximum atomic E-state index is 12.7. The topological polar surface area (TPSA) is 56.5 Å².